The van der Waals surface area contributed by atoms with Gasteiger partial charge in [-0.25, -0.2) is 13.4 Å². The molecule has 2 aromatic carbocycles. The molecule has 0 spiro atoms. The lowest BCUT2D eigenvalue weighted by atomic mass is 9.97. The quantitative estimate of drug-likeness (QED) is 0.647. The molecule has 0 fully saturated rings. The Hall–Kier alpha value is -3.27. The van der Waals surface area contributed by atoms with Crippen molar-refractivity contribution in [1.82, 2.24) is 5.01 Å². The summed E-state index contributed by atoms with van der Waals surface area (Å²) in [7, 11) is 1.24. The van der Waals surface area contributed by atoms with Crippen molar-refractivity contribution in [3.63, 3.8) is 0 Å². The summed E-state index contributed by atoms with van der Waals surface area (Å²) in [5.41, 5.74) is 2.67. The molecular weight excluding hydrogens is 434 g/mol. The van der Waals surface area contributed by atoms with Gasteiger partial charge in [-0.2, -0.15) is 5.10 Å². The van der Waals surface area contributed by atoms with Gasteiger partial charge in [0.25, 0.3) is 0 Å². The van der Waals surface area contributed by atoms with Crippen molar-refractivity contribution >= 4 is 27.3 Å². The number of nitrogens with one attached hydrogen (secondary N) is 1. The zero-order chi connectivity index (χ0) is 23.5. The molecule has 10 heteroatoms. The fourth-order valence-electron chi connectivity index (χ4n) is 3.64. The molecule has 2 aromatic rings. The van der Waals surface area contributed by atoms with Crippen LogP contribution in [0.1, 0.15) is 36.9 Å². The van der Waals surface area contributed by atoms with Crippen LogP contribution >= 0.6 is 0 Å². The van der Waals surface area contributed by atoms with Crippen molar-refractivity contribution in [3.05, 3.63) is 47.5 Å². The van der Waals surface area contributed by atoms with Crippen LogP contribution in [0.4, 0.5) is 5.69 Å². The molecule has 1 aliphatic heterocycles. The van der Waals surface area contributed by atoms with E-state index in [1.54, 1.807) is 44.4 Å². The minimum Gasteiger partial charge on any atom is -0.493 e. The van der Waals surface area contributed by atoms with E-state index in [1.807, 2.05) is 6.07 Å². The molecule has 1 N–H and O–H groups in total. The second-order valence-corrected chi connectivity index (χ2v) is 8.99. The number of benzene rings is 2. The summed E-state index contributed by atoms with van der Waals surface area (Å²) in [5, 5.41) is 6.10. The summed E-state index contributed by atoms with van der Waals surface area (Å²) in [6.07, 6.45) is 1.84. The lowest BCUT2D eigenvalue weighted by Crippen LogP contribution is -2.26. The molecule has 1 aliphatic rings. The van der Waals surface area contributed by atoms with E-state index >= 15 is 0 Å². The van der Waals surface area contributed by atoms with Crippen molar-refractivity contribution in [2.45, 2.75) is 25.8 Å². The maximum absolute atomic E-state index is 12.7. The Kier molecular flexibility index (Phi) is 6.93. The maximum atomic E-state index is 12.7. The number of hydrazone groups is 1. The Morgan fingerprint density at radius 2 is 1.72 bits per heavy atom. The number of carbonyl (C=O) groups is 1. The number of nitrogens with zero attached hydrogens (tertiary/aromatic N) is 2. The van der Waals surface area contributed by atoms with Gasteiger partial charge in [0.15, 0.2) is 11.5 Å². The van der Waals surface area contributed by atoms with Crippen LogP contribution in [0.15, 0.2) is 41.5 Å². The van der Waals surface area contributed by atoms with Gasteiger partial charge in [0.2, 0.25) is 21.7 Å². The summed E-state index contributed by atoms with van der Waals surface area (Å²) in [4.78, 5) is 12.7. The normalized spacial score (nSPS) is 15.8. The fourth-order valence-corrected chi connectivity index (χ4v) is 4.20. The summed E-state index contributed by atoms with van der Waals surface area (Å²) in [6.45, 7) is 1.78. The van der Waals surface area contributed by atoms with E-state index in [0.29, 0.717) is 47.1 Å². The Balaban J connectivity index is 1.99. The molecule has 0 saturated carbocycles. The van der Waals surface area contributed by atoms with Crippen molar-refractivity contribution in [3.8, 4) is 17.2 Å². The second-order valence-electron chi connectivity index (χ2n) is 7.24. The van der Waals surface area contributed by atoms with Crippen LogP contribution in [-0.4, -0.2) is 52.6 Å². The fraction of sp³-hybridized carbons (Fsp3) is 0.364. The van der Waals surface area contributed by atoms with Crippen LogP contribution in [0.25, 0.3) is 0 Å². The lowest BCUT2D eigenvalue weighted by Gasteiger charge is -2.21. The van der Waals surface area contributed by atoms with Crippen LogP contribution in [0.2, 0.25) is 0 Å². The molecule has 172 valence electrons. The Morgan fingerprint density at radius 3 is 2.25 bits per heavy atom. The number of anilines is 1. The first kappa shape index (κ1) is 23.4. The highest BCUT2D eigenvalue weighted by Gasteiger charge is 2.34. The Labute approximate surface area is 188 Å². The molecule has 9 nitrogen and oxygen atoms in total. The summed E-state index contributed by atoms with van der Waals surface area (Å²) in [6, 6.07) is 10.2. The topological polar surface area (TPSA) is 107 Å². The molecular formula is C22H27N3O6S. The van der Waals surface area contributed by atoms with E-state index in [9.17, 15) is 13.2 Å². The number of sulfonamides is 1. The molecule has 1 amide bonds. The molecule has 0 saturated heterocycles. The zero-order valence-corrected chi connectivity index (χ0v) is 19.5. The third-order valence-corrected chi connectivity index (χ3v) is 5.69. The summed E-state index contributed by atoms with van der Waals surface area (Å²) < 4.78 is 41.8. The van der Waals surface area contributed by atoms with E-state index in [4.69, 9.17) is 14.2 Å². The average Bonchev–Trinajstić information content (AvgIpc) is 3.22. The van der Waals surface area contributed by atoms with Crippen LogP contribution in [0, 0.1) is 0 Å². The number of rotatable bonds is 8. The average molecular weight is 462 g/mol. The Morgan fingerprint density at radius 1 is 1.06 bits per heavy atom. The number of carbonyl (C=O) groups excluding carboxylic acids is 1. The summed E-state index contributed by atoms with van der Waals surface area (Å²) >= 11 is 0. The molecule has 0 bridgehead atoms. The first-order valence-electron chi connectivity index (χ1n) is 9.99. The predicted octanol–water partition coefficient (Wildman–Crippen LogP) is 3.17. The smallest absolute Gasteiger partial charge is 0.242 e. The van der Waals surface area contributed by atoms with E-state index < -0.39 is 10.0 Å². The van der Waals surface area contributed by atoms with Crippen LogP contribution in [0.5, 0.6) is 17.2 Å². The molecule has 1 heterocycles. The second kappa shape index (κ2) is 9.47. The highest BCUT2D eigenvalue weighted by atomic mass is 32.2. The minimum atomic E-state index is -3.38. The monoisotopic (exact) mass is 461 g/mol. The molecule has 1 atom stereocenters. The van der Waals surface area contributed by atoms with Crippen LogP contribution < -0.4 is 18.9 Å². The highest BCUT2D eigenvalue weighted by Crippen LogP contribution is 2.43. The van der Waals surface area contributed by atoms with Gasteiger partial charge in [-0.05, 0) is 29.8 Å². The lowest BCUT2D eigenvalue weighted by molar-refractivity contribution is -0.132. The van der Waals surface area contributed by atoms with Crippen molar-refractivity contribution in [1.29, 1.82) is 0 Å². The molecule has 3 rings (SSSR count). The molecule has 0 radical (unpaired) electrons. The van der Waals surface area contributed by atoms with Gasteiger partial charge in [-0.15, -0.1) is 0 Å². The van der Waals surface area contributed by atoms with Gasteiger partial charge in [0, 0.05) is 24.1 Å². The number of amides is 1. The van der Waals surface area contributed by atoms with E-state index in [-0.39, 0.29) is 11.9 Å². The van der Waals surface area contributed by atoms with Gasteiger partial charge in [0.1, 0.15) is 0 Å². The highest BCUT2D eigenvalue weighted by molar-refractivity contribution is 7.92. The Bertz CT molecular complexity index is 1130. The minimum absolute atomic E-state index is 0.122. The SMILES string of the molecule is CCC(=O)N1N=C(c2ccc(OC)c(OC)c2OC)C[C@H]1c1ccc(NS(C)(=O)=O)cc1. The third-order valence-electron chi connectivity index (χ3n) is 5.08. The number of hydrogen-bond donors (Lipinski definition) is 1. The predicted molar refractivity (Wildman–Crippen MR) is 122 cm³/mol. The van der Waals surface area contributed by atoms with Crippen molar-refractivity contribution in [2.24, 2.45) is 5.10 Å². The first-order chi connectivity index (χ1) is 15.2. The molecule has 0 aromatic heterocycles. The summed E-state index contributed by atoms with van der Waals surface area (Å²) in [5.74, 6) is 1.33. The van der Waals surface area contributed by atoms with E-state index in [2.05, 4.69) is 9.82 Å². The van der Waals surface area contributed by atoms with Crippen LogP contribution in [-0.2, 0) is 14.8 Å². The van der Waals surface area contributed by atoms with Gasteiger partial charge in [-0.1, -0.05) is 19.1 Å². The van der Waals surface area contributed by atoms with Gasteiger partial charge in [0.05, 0.1) is 39.3 Å². The van der Waals surface area contributed by atoms with Crippen molar-refractivity contribution < 1.29 is 27.4 Å². The van der Waals surface area contributed by atoms with E-state index in [1.165, 1.54) is 19.2 Å². The number of ether oxygens (including phenoxy) is 3. The van der Waals surface area contributed by atoms with Gasteiger partial charge < -0.3 is 14.2 Å². The van der Waals surface area contributed by atoms with Crippen molar-refractivity contribution in [2.75, 3.05) is 32.3 Å². The van der Waals surface area contributed by atoms with Gasteiger partial charge >= 0.3 is 0 Å². The van der Waals surface area contributed by atoms with Crippen LogP contribution in [0.3, 0.4) is 0 Å². The molecule has 0 aliphatic carbocycles. The van der Waals surface area contributed by atoms with E-state index in [0.717, 1.165) is 11.8 Å². The third kappa shape index (κ3) is 4.80. The number of methoxy groups -OCH3 is 3. The zero-order valence-electron chi connectivity index (χ0n) is 18.7. The number of hydrogen-bond acceptors (Lipinski definition) is 7. The standard InChI is InChI=1S/C22H27N3O6S/c1-6-20(26)25-18(14-7-9-15(10-8-14)24-32(5,27)28)13-17(23-25)16-11-12-19(29-2)22(31-4)21(16)30-3/h7-12,18,24H,6,13H2,1-5H3/t18-/m0/s1. The largest absolute Gasteiger partial charge is 0.493 e. The molecule has 32 heavy (non-hydrogen) atoms. The first-order valence-corrected chi connectivity index (χ1v) is 11.9. The molecule has 0 unspecified atom stereocenters. The van der Waals surface area contributed by atoms with Gasteiger partial charge in [-0.3, -0.25) is 9.52 Å². The maximum Gasteiger partial charge on any atom is 0.242 e.